The van der Waals surface area contributed by atoms with Gasteiger partial charge >= 0.3 is 12.1 Å². The number of amides is 1. The largest absolute Gasteiger partial charge is 0.480 e. The minimum Gasteiger partial charge on any atom is -0.480 e. The lowest BCUT2D eigenvalue weighted by molar-refractivity contribution is -0.139. The Bertz CT molecular complexity index is 771. The lowest BCUT2D eigenvalue weighted by Gasteiger charge is -2.22. The fourth-order valence-corrected chi connectivity index (χ4v) is 2.71. The third-order valence-electron chi connectivity index (χ3n) is 3.93. The Balaban J connectivity index is 2.28. The van der Waals surface area contributed by atoms with Crippen molar-refractivity contribution in [3.63, 3.8) is 0 Å². The first-order valence-electron chi connectivity index (χ1n) is 7.85. The van der Waals surface area contributed by atoms with Gasteiger partial charge in [-0.15, -0.1) is 0 Å². The van der Waals surface area contributed by atoms with Gasteiger partial charge in [0.05, 0.1) is 0 Å². The van der Waals surface area contributed by atoms with E-state index in [1.165, 1.54) is 0 Å². The van der Waals surface area contributed by atoms with Crippen molar-refractivity contribution < 1.29 is 19.4 Å². The summed E-state index contributed by atoms with van der Waals surface area (Å²) in [5, 5.41) is 12.9. The number of benzene rings is 1. The van der Waals surface area contributed by atoms with Crippen LogP contribution in [0.25, 0.3) is 10.9 Å². The summed E-state index contributed by atoms with van der Waals surface area (Å²) in [6, 6.07) is 6.76. The Morgan fingerprint density at radius 2 is 1.92 bits per heavy atom. The van der Waals surface area contributed by atoms with Crippen LogP contribution in [-0.4, -0.2) is 33.4 Å². The quantitative estimate of drug-likeness (QED) is 0.902. The molecule has 0 fully saturated rings. The Morgan fingerprint density at radius 3 is 2.50 bits per heavy atom. The number of carboxylic acids is 1. The van der Waals surface area contributed by atoms with Gasteiger partial charge in [0.15, 0.2) is 0 Å². The summed E-state index contributed by atoms with van der Waals surface area (Å²) in [6.07, 6.45) is -0.533. The number of hydrogen-bond donors (Lipinski definition) is 2. The van der Waals surface area contributed by atoms with Crippen molar-refractivity contribution in [2.24, 2.45) is 7.05 Å². The van der Waals surface area contributed by atoms with Crippen molar-refractivity contribution in [3.05, 3.63) is 35.5 Å². The average molecular weight is 332 g/mol. The van der Waals surface area contributed by atoms with E-state index in [9.17, 15) is 14.7 Å². The number of alkyl carbamates (subject to hydrolysis) is 1. The molecule has 130 valence electrons. The molecule has 0 aliphatic carbocycles. The number of carbonyl (C=O) groups excluding carboxylic acids is 1. The van der Waals surface area contributed by atoms with E-state index in [-0.39, 0.29) is 6.42 Å². The number of para-hydroxylation sites is 1. The van der Waals surface area contributed by atoms with Gasteiger partial charge in [-0.05, 0) is 39.3 Å². The number of hydrogen-bond acceptors (Lipinski definition) is 3. The first-order chi connectivity index (χ1) is 11.1. The van der Waals surface area contributed by atoms with Gasteiger partial charge < -0.3 is 19.7 Å². The third kappa shape index (κ3) is 3.88. The van der Waals surface area contributed by atoms with E-state index in [0.29, 0.717) is 0 Å². The van der Waals surface area contributed by atoms with Gasteiger partial charge in [0.2, 0.25) is 0 Å². The number of carbonyl (C=O) groups is 2. The molecule has 2 rings (SSSR count). The van der Waals surface area contributed by atoms with Crippen molar-refractivity contribution in [2.45, 2.75) is 45.8 Å². The van der Waals surface area contributed by atoms with Crippen LogP contribution in [0.15, 0.2) is 24.3 Å². The van der Waals surface area contributed by atoms with Gasteiger partial charge in [-0.3, -0.25) is 0 Å². The van der Waals surface area contributed by atoms with Crippen molar-refractivity contribution in [1.29, 1.82) is 0 Å². The zero-order chi connectivity index (χ0) is 18.1. The lowest BCUT2D eigenvalue weighted by atomic mass is 10.0. The van der Waals surface area contributed by atoms with Crippen molar-refractivity contribution in [3.8, 4) is 0 Å². The van der Waals surface area contributed by atoms with Crippen LogP contribution in [0.2, 0.25) is 0 Å². The smallest absolute Gasteiger partial charge is 0.408 e. The molecule has 1 amide bonds. The maximum atomic E-state index is 11.9. The summed E-state index contributed by atoms with van der Waals surface area (Å²) in [5.74, 6) is -1.09. The Kier molecular flexibility index (Phi) is 4.87. The highest BCUT2D eigenvalue weighted by Crippen LogP contribution is 2.26. The molecule has 0 spiro atoms. The van der Waals surface area contributed by atoms with Gasteiger partial charge in [0.25, 0.3) is 0 Å². The summed E-state index contributed by atoms with van der Waals surface area (Å²) >= 11 is 0. The summed E-state index contributed by atoms with van der Waals surface area (Å²) in [4.78, 5) is 23.5. The molecule has 0 saturated heterocycles. The van der Waals surface area contributed by atoms with Crippen LogP contribution in [0, 0.1) is 6.92 Å². The van der Waals surface area contributed by atoms with Crippen molar-refractivity contribution in [2.75, 3.05) is 0 Å². The number of carboxylic acid groups (broad SMARTS) is 1. The SMILES string of the molecule is Cc1c(CC(NC(=O)OC(C)(C)C)C(=O)O)c2ccccc2n1C. The van der Waals surface area contributed by atoms with E-state index >= 15 is 0 Å². The van der Waals surface area contributed by atoms with Gasteiger partial charge in [-0.1, -0.05) is 18.2 Å². The second kappa shape index (κ2) is 6.55. The molecule has 1 aromatic heterocycles. The van der Waals surface area contributed by atoms with Crippen molar-refractivity contribution >= 4 is 23.0 Å². The summed E-state index contributed by atoms with van der Waals surface area (Å²) in [5.41, 5.74) is 2.25. The highest BCUT2D eigenvalue weighted by Gasteiger charge is 2.26. The molecule has 24 heavy (non-hydrogen) atoms. The van der Waals surface area contributed by atoms with Crippen LogP contribution in [0.3, 0.4) is 0 Å². The number of fused-ring (bicyclic) bond motifs is 1. The van der Waals surface area contributed by atoms with E-state index < -0.39 is 23.7 Å². The fraction of sp³-hybridized carbons (Fsp3) is 0.444. The topological polar surface area (TPSA) is 80.6 Å². The number of nitrogens with one attached hydrogen (secondary N) is 1. The Hall–Kier alpha value is -2.50. The fourth-order valence-electron chi connectivity index (χ4n) is 2.71. The lowest BCUT2D eigenvalue weighted by Crippen LogP contribution is -2.44. The normalized spacial score (nSPS) is 12.9. The zero-order valence-corrected chi connectivity index (χ0v) is 14.7. The minimum atomic E-state index is -1.09. The molecule has 1 unspecified atom stereocenters. The number of rotatable bonds is 4. The molecule has 6 heteroatoms. The number of aryl methyl sites for hydroxylation is 1. The average Bonchev–Trinajstić information content (AvgIpc) is 2.70. The van der Waals surface area contributed by atoms with Gasteiger partial charge in [-0.2, -0.15) is 0 Å². The number of aliphatic carboxylic acids is 1. The molecule has 1 heterocycles. The van der Waals surface area contributed by atoms with Crippen LogP contribution in [-0.2, 0) is 23.0 Å². The third-order valence-corrected chi connectivity index (χ3v) is 3.93. The van der Waals surface area contributed by atoms with E-state index in [0.717, 1.165) is 22.2 Å². The van der Waals surface area contributed by atoms with Gasteiger partial charge in [0.1, 0.15) is 11.6 Å². The molecular weight excluding hydrogens is 308 g/mol. The molecule has 2 aromatic rings. The summed E-state index contributed by atoms with van der Waals surface area (Å²) < 4.78 is 7.19. The van der Waals surface area contributed by atoms with E-state index in [1.807, 2.05) is 42.8 Å². The van der Waals surface area contributed by atoms with Gasteiger partial charge in [-0.25, -0.2) is 9.59 Å². The van der Waals surface area contributed by atoms with Crippen LogP contribution >= 0.6 is 0 Å². The predicted molar refractivity (Wildman–Crippen MR) is 92.2 cm³/mol. The zero-order valence-electron chi connectivity index (χ0n) is 14.7. The molecular formula is C18H24N2O4. The molecule has 0 saturated carbocycles. The van der Waals surface area contributed by atoms with Crippen LogP contribution < -0.4 is 5.32 Å². The standard InChI is InChI=1S/C18H24N2O4/c1-11-13(12-8-6-7-9-15(12)20(11)5)10-14(16(21)22)19-17(23)24-18(2,3)4/h6-9,14H,10H2,1-5H3,(H,19,23)(H,21,22). The van der Waals surface area contributed by atoms with E-state index in [2.05, 4.69) is 5.32 Å². The van der Waals surface area contributed by atoms with Crippen LogP contribution in [0.1, 0.15) is 32.0 Å². The molecule has 0 aliphatic rings. The van der Waals surface area contributed by atoms with Crippen LogP contribution in [0.5, 0.6) is 0 Å². The molecule has 0 aliphatic heterocycles. The predicted octanol–water partition coefficient (Wildman–Crippen LogP) is 3.01. The Morgan fingerprint density at radius 1 is 1.29 bits per heavy atom. The molecule has 6 nitrogen and oxygen atoms in total. The Labute approximate surface area is 141 Å². The maximum Gasteiger partial charge on any atom is 0.408 e. The summed E-state index contributed by atoms with van der Waals surface area (Å²) in [7, 11) is 1.94. The molecule has 0 radical (unpaired) electrons. The first-order valence-corrected chi connectivity index (χ1v) is 7.85. The highest BCUT2D eigenvalue weighted by atomic mass is 16.6. The molecule has 1 atom stereocenters. The second-order valence-corrected chi connectivity index (χ2v) is 6.88. The van der Waals surface area contributed by atoms with Gasteiger partial charge in [0, 0.05) is 30.1 Å². The highest BCUT2D eigenvalue weighted by molar-refractivity contribution is 5.87. The second-order valence-electron chi connectivity index (χ2n) is 6.88. The van der Waals surface area contributed by atoms with Crippen LogP contribution in [0.4, 0.5) is 4.79 Å². The molecule has 0 bridgehead atoms. The minimum absolute atomic E-state index is 0.196. The van der Waals surface area contributed by atoms with E-state index in [1.54, 1.807) is 20.8 Å². The summed E-state index contributed by atoms with van der Waals surface area (Å²) in [6.45, 7) is 7.15. The van der Waals surface area contributed by atoms with E-state index in [4.69, 9.17) is 4.74 Å². The van der Waals surface area contributed by atoms with Crippen molar-refractivity contribution in [1.82, 2.24) is 9.88 Å². The molecule has 1 aromatic carbocycles. The molecule has 2 N–H and O–H groups in total. The number of aromatic nitrogens is 1. The number of ether oxygens (including phenoxy) is 1. The monoisotopic (exact) mass is 332 g/mol. The maximum absolute atomic E-state index is 11.9. The number of nitrogens with zero attached hydrogens (tertiary/aromatic N) is 1. The first kappa shape index (κ1) is 17.8.